The van der Waals surface area contributed by atoms with Gasteiger partial charge in [-0.05, 0) is 29.3 Å². The fourth-order valence-corrected chi connectivity index (χ4v) is 2.09. The average molecular weight is 246 g/mol. The van der Waals surface area contributed by atoms with Gasteiger partial charge in [-0.3, -0.25) is 0 Å². The van der Waals surface area contributed by atoms with E-state index >= 15 is 0 Å². The minimum atomic E-state index is -0.433. The van der Waals surface area contributed by atoms with E-state index in [1.54, 1.807) is 12.1 Å². The van der Waals surface area contributed by atoms with Crippen LogP contribution in [0.2, 0.25) is 0 Å². The molecule has 1 unspecified atom stereocenters. The number of hydrogen-bond acceptors (Lipinski definition) is 1. The summed E-state index contributed by atoms with van der Waals surface area (Å²) in [7, 11) is 0. The highest BCUT2D eigenvalue weighted by atomic mass is 19.1. The van der Waals surface area contributed by atoms with E-state index in [0.29, 0.717) is 5.56 Å². The van der Waals surface area contributed by atoms with Crippen molar-refractivity contribution in [2.75, 3.05) is 6.61 Å². The number of ether oxygens (including phenoxy) is 1. The molecule has 0 aliphatic carbocycles. The summed E-state index contributed by atoms with van der Waals surface area (Å²) < 4.78 is 32.1. The van der Waals surface area contributed by atoms with Crippen molar-refractivity contribution in [3.05, 3.63) is 59.7 Å². The molecule has 3 rings (SSSR count). The van der Waals surface area contributed by atoms with Gasteiger partial charge in [-0.25, -0.2) is 8.78 Å². The topological polar surface area (TPSA) is 9.23 Å². The maximum absolute atomic E-state index is 13.6. The third-order valence-corrected chi connectivity index (χ3v) is 3.22. The molecule has 0 bridgehead atoms. The Morgan fingerprint density at radius 3 is 2.33 bits per heavy atom. The summed E-state index contributed by atoms with van der Waals surface area (Å²) in [6, 6.07) is 10.9. The standard InChI is InChI=1S/C15H12F2O/c16-12-5-6-14(17)13(9-12)10-1-3-11(4-2-10)15-7-8-18-15/h1-6,9,15H,7-8H2. The molecular formula is C15H12F2O. The highest BCUT2D eigenvalue weighted by Crippen LogP contribution is 2.31. The first-order chi connectivity index (χ1) is 8.74. The van der Waals surface area contributed by atoms with Crippen LogP contribution in [0.25, 0.3) is 11.1 Å². The van der Waals surface area contributed by atoms with Gasteiger partial charge in [0.2, 0.25) is 0 Å². The Morgan fingerprint density at radius 2 is 1.72 bits per heavy atom. The lowest BCUT2D eigenvalue weighted by Gasteiger charge is -2.26. The van der Waals surface area contributed by atoms with Crippen LogP contribution in [0.5, 0.6) is 0 Å². The second-order valence-corrected chi connectivity index (χ2v) is 4.39. The van der Waals surface area contributed by atoms with Gasteiger partial charge in [0.1, 0.15) is 11.6 Å². The van der Waals surface area contributed by atoms with E-state index in [2.05, 4.69) is 0 Å². The SMILES string of the molecule is Fc1ccc(F)c(-c2ccc(C3CCO3)cc2)c1. The van der Waals surface area contributed by atoms with Crippen molar-refractivity contribution in [3.8, 4) is 11.1 Å². The molecule has 1 saturated heterocycles. The lowest BCUT2D eigenvalue weighted by atomic mass is 9.99. The van der Waals surface area contributed by atoms with E-state index in [1.807, 2.05) is 12.1 Å². The van der Waals surface area contributed by atoms with Crippen LogP contribution in [-0.4, -0.2) is 6.61 Å². The highest BCUT2D eigenvalue weighted by Gasteiger charge is 2.20. The summed E-state index contributed by atoms with van der Waals surface area (Å²) in [6.07, 6.45) is 1.18. The van der Waals surface area contributed by atoms with Gasteiger partial charge < -0.3 is 4.74 Å². The predicted molar refractivity (Wildman–Crippen MR) is 65.1 cm³/mol. The molecular weight excluding hydrogens is 234 g/mol. The average Bonchev–Trinajstić information content (AvgIpc) is 2.31. The van der Waals surface area contributed by atoms with Gasteiger partial charge in [-0.1, -0.05) is 24.3 Å². The molecule has 1 atom stereocenters. The van der Waals surface area contributed by atoms with Gasteiger partial charge in [0, 0.05) is 12.0 Å². The van der Waals surface area contributed by atoms with Crippen LogP contribution in [0.15, 0.2) is 42.5 Å². The van der Waals surface area contributed by atoms with Crippen molar-refractivity contribution >= 4 is 0 Å². The molecule has 0 saturated carbocycles. The van der Waals surface area contributed by atoms with E-state index in [9.17, 15) is 8.78 Å². The molecule has 0 amide bonds. The summed E-state index contributed by atoms with van der Waals surface area (Å²) in [5, 5.41) is 0. The minimum Gasteiger partial charge on any atom is -0.373 e. The molecule has 18 heavy (non-hydrogen) atoms. The number of benzene rings is 2. The monoisotopic (exact) mass is 246 g/mol. The molecule has 2 aromatic rings. The molecule has 3 heteroatoms. The van der Waals surface area contributed by atoms with Crippen molar-refractivity contribution in [3.63, 3.8) is 0 Å². The maximum Gasteiger partial charge on any atom is 0.131 e. The number of rotatable bonds is 2. The van der Waals surface area contributed by atoms with Crippen LogP contribution in [0.4, 0.5) is 8.78 Å². The van der Waals surface area contributed by atoms with Crippen molar-refractivity contribution < 1.29 is 13.5 Å². The molecule has 0 spiro atoms. The Morgan fingerprint density at radius 1 is 1.00 bits per heavy atom. The lowest BCUT2D eigenvalue weighted by molar-refractivity contribution is -0.0527. The summed E-state index contributed by atoms with van der Waals surface area (Å²) >= 11 is 0. The molecule has 2 aromatic carbocycles. The second-order valence-electron chi connectivity index (χ2n) is 4.39. The van der Waals surface area contributed by atoms with Gasteiger partial charge in [0.25, 0.3) is 0 Å². The summed E-state index contributed by atoms with van der Waals surface area (Å²) in [5.41, 5.74) is 2.05. The molecule has 1 heterocycles. The highest BCUT2D eigenvalue weighted by molar-refractivity contribution is 5.64. The maximum atomic E-state index is 13.6. The third-order valence-electron chi connectivity index (χ3n) is 3.22. The normalized spacial score (nSPS) is 18.4. The number of halogens is 2. The van der Waals surface area contributed by atoms with E-state index in [4.69, 9.17) is 4.74 Å². The predicted octanol–water partition coefficient (Wildman–Crippen LogP) is 4.09. The largest absolute Gasteiger partial charge is 0.373 e. The van der Waals surface area contributed by atoms with E-state index < -0.39 is 11.6 Å². The summed E-state index contributed by atoms with van der Waals surface area (Å²) in [5.74, 6) is -0.846. The van der Waals surface area contributed by atoms with Gasteiger partial charge >= 0.3 is 0 Å². The van der Waals surface area contributed by atoms with Gasteiger partial charge in [-0.2, -0.15) is 0 Å². The quantitative estimate of drug-likeness (QED) is 0.775. The first-order valence-electron chi connectivity index (χ1n) is 5.91. The second kappa shape index (κ2) is 4.50. The Hall–Kier alpha value is -1.74. The first-order valence-corrected chi connectivity index (χ1v) is 5.91. The molecule has 0 aromatic heterocycles. The molecule has 1 fully saturated rings. The Balaban J connectivity index is 1.94. The Kier molecular flexibility index (Phi) is 2.84. The molecule has 92 valence electrons. The third kappa shape index (κ3) is 2.02. The fourth-order valence-electron chi connectivity index (χ4n) is 2.09. The Labute approximate surface area is 104 Å². The lowest BCUT2D eigenvalue weighted by Crippen LogP contribution is -2.17. The summed E-state index contributed by atoms with van der Waals surface area (Å²) in [6.45, 7) is 0.797. The fraction of sp³-hybridized carbons (Fsp3) is 0.200. The van der Waals surface area contributed by atoms with E-state index in [0.717, 1.165) is 30.7 Å². The van der Waals surface area contributed by atoms with E-state index in [1.165, 1.54) is 6.07 Å². The molecule has 0 radical (unpaired) electrons. The van der Waals surface area contributed by atoms with Crippen LogP contribution in [0, 0.1) is 11.6 Å². The Bertz CT molecular complexity index is 559. The molecule has 1 aliphatic heterocycles. The first kappa shape index (κ1) is 11.4. The number of hydrogen-bond donors (Lipinski definition) is 0. The molecule has 1 nitrogen and oxygen atoms in total. The van der Waals surface area contributed by atoms with Gasteiger partial charge in [-0.15, -0.1) is 0 Å². The minimum absolute atomic E-state index is 0.163. The van der Waals surface area contributed by atoms with Crippen molar-refractivity contribution in [1.82, 2.24) is 0 Å². The summed E-state index contributed by atoms with van der Waals surface area (Å²) in [4.78, 5) is 0. The van der Waals surface area contributed by atoms with Crippen molar-refractivity contribution in [2.24, 2.45) is 0 Å². The van der Waals surface area contributed by atoms with Crippen LogP contribution in [0.1, 0.15) is 18.1 Å². The molecule has 1 aliphatic rings. The van der Waals surface area contributed by atoms with Gasteiger partial charge in [0.15, 0.2) is 0 Å². The zero-order valence-corrected chi connectivity index (χ0v) is 9.70. The zero-order chi connectivity index (χ0) is 12.5. The van der Waals surface area contributed by atoms with Crippen LogP contribution >= 0.6 is 0 Å². The van der Waals surface area contributed by atoms with Crippen LogP contribution < -0.4 is 0 Å². The van der Waals surface area contributed by atoms with E-state index in [-0.39, 0.29) is 11.7 Å². The van der Waals surface area contributed by atoms with Crippen molar-refractivity contribution in [1.29, 1.82) is 0 Å². The molecule has 0 N–H and O–H groups in total. The van der Waals surface area contributed by atoms with Gasteiger partial charge in [0.05, 0.1) is 12.7 Å². The zero-order valence-electron chi connectivity index (χ0n) is 9.70. The smallest absolute Gasteiger partial charge is 0.131 e. The van der Waals surface area contributed by atoms with Crippen LogP contribution in [-0.2, 0) is 4.74 Å². The van der Waals surface area contributed by atoms with Crippen LogP contribution in [0.3, 0.4) is 0 Å². The van der Waals surface area contributed by atoms with Crippen molar-refractivity contribution in [2.45, 2.75) is 12.5 Å².